The molecule has 1 saturated heterocycles. The highest BCUT2D eigenvalue weighted by molar-refractivity contribution is 6.30. The Morgan fingerprint density at radius 2 is 2.07 bits per heavy atom. The maximum atomic E-state index is 13.9. The molecule has 0 radical (unpaired) electrons. The number of rotatable bonds is 4. The highest BCUT2D eigenvalue weighted by atomic mass is 35.5. The maximum Gasteiger partial charge on any atom is 0.433 e. The van der Waals surface area contributed by atoms with E-state index in [2.05, 4.69) is 15.2 Å². The molecule has 1 N–H and O–H groups in total. The molecule has 2 aromatic rings. The summed E-state index contributed by atoms with van der Waals surface area (Å²) < 4.78 is 52.6. The van der Waals surface area contributed by atoms with E-state index in [-0.39, 0.29) is 28.4 Å². The van der Waals surface area contributed by atoms with Crippen LogP contribution in [-0.4, -0.2) is 30.0 Å². The van der Waals surface area contributed by atoms with Crippen molar-refractivity contribution in [3.05, 3.63) is 58.0 Å². The van der Waals surface area contributed by atoms with Crippen LogP contribution in [-0.2, 0) is 6.18 Å². The zero-order valence-electron chi connectivity index (χ0n) is 14.9. The summed E-state index contributed by atoms with van der Waals surface area (Å²) in [6.45, 7) is 1.05. The standard InChI is InChI=1S/C19H17ClF4N4/c1-28-7-6-13(17(28)11-2-4-14(20)15(21)8-11)10-26-18-12(9-25)3-5-16(27-18)19(22,23)24/h2-5,8,13,17H,6-7,10H2,1H3,(H,26,27). The van der Waals surface area contributed by atoms with Gasteiger partial charge in [0.2, 0.25) is 0 Å². The minimum atomic E-state index is -4.60. The van der Waals surface area contributed by atoms with Gasteiger partial charge in [0.25, 0.3) is 0 Å². The number of alkyl halides is 3. The van der Waals surface area contributed by atoms with Gasteiger partial charge in [-0.2, -0.15) is 18.4 Å². The van der Waals surface area contributed by atoms with Crippen LogP contribution in [0, 0.1) is 23.1 Å². The molecule has 0 spiro atoms. The Balaban J connectivity index is 1.81. The van der Waals surface area contributed by atoms with Crippen molar-refractivity contribution in [1.82, 2.24) is 9.88 Å². The molecule has 148 valence electrons. The lowest BCUT2D eigenvalue weighted by Gasteiger charge is -2.26. The van der Waals surface area contributed by atoms with Crippen LogP contribution in [0.25, 0.3) is 0 Å². The number of nitriles is 1. The van der Waals surface area contributed by atoms with E-state index < -0.39 is 17.7 Å². The van der Waals surface area contributed by atoms with Gasteiger partial charge in [0.05, 0.1) is 10.6 Å². The Morgan fingerprint density at radius 1 is 1.32 bits per heavy atom. The molecular formula is C19H17ClF4N4. The van der Waals surface area contributed by atoms with Crippen LogP contribution in [0.3, 0.4) is 0 Å². The normalized spacial score (nSPS) is 20.2. The van der Waals surface area contributed by atoms with E-state index >= 15 is 0 Å². The number of pyridine rings is 1. The number of hydrogen-bond acceptors (Lipinski definition) is 4. The SMILES string of the molecule is CN1CCC(CNc2nc(C(F)(F)F)ccc2C#N)C1c1ccc(Cl)c(F)c1. The van der Waals surface area contributed by atoms with Gasteiger partial charge in [0.15, 0.2) is 0 Å². The third kappa shape index (κ3) is 4.21. The lowest BCUT2D eigenvalue weighted by Crippen LogP contribution is -2.25. The van der Waals surface area contributed by atoms with Gasteiger partial charge >= 0.3 is 6.18 Å². The lowest BCUT2D eigenvalue weighted by atomic mass is 9.93. The molecule has 1 fully saturated rings. The van der Waals surface area contributed by atoms with Gasteiger partial charge in [-0.25, -0.2) is 9.37 Å². The topological polar surface area (TPSA) is 52.0 Å². The van der Waals surface area contributed by atoms with Gasteiger partial charge in [-0.15, -0.1) is 0 Å². The first kappa shape index (κ1) is 20.4. The molecule has 1 aromatic heterocycles. The van der Waals surface area contributed by atoms with Gasteiger partial charge in [0, 0.05) is 12.6 Å². The second kappa shape index (κ2) is 7.94. The van der Waals surface area contributed by atoms with Gasteiger partial charge in [-0.1, -0.05) is 17.7 Å². The Bertz CT molecular complexity index is 910. The zero-order valence-corrected chi connectivity index (χ0v) is 15.7. The lowest BCUT2D eigenvalue weighted by molar-refractivity contribution is -0.141. The van der Waals surface area contributed by atoms with Crippen molar-refractivity contribution in [2.24, 2.45) is 5.92 Å². The van der Waals surface area contributed by atoms with E-state index in [0.717, 1.165) is 30.7 Å². The third-order valence-corrected chi connectivity index (χ3v) is 5.20. The van der Waals surface area contributed by atoms with Gasteiger partial charge in [0.1, 0.15) is 23.4 Å². The van der Waals surface area contributed by atoms with Crippen molar-refractivity contribution in [2.45, 2.75) is 18.6 Å². The number of hydrogen-bond donors (Lipinski definition) is 1. The van der Waals surface area contributed by atoms with E-state index in [0.29, 0.717) is 6.54 Å². The van der Waals surface area contributed by atoms with Crippen molar-refractivity contribution in [1.29, 1.82) is 5.26 Å². The molecule has 2 heterocycles. The predicted molar refractivity (Wildman–Crippen MR) is 97.3 cm³/mol. The highest BCUT2D eigenvalue weighted by Gasteiger charge is 2.35. The number of likely N-dealkylation sites (tertiary alicyclic amines) is 1. The third-order valence-electron chi connectivity index (χ3n) is 4.90. The Hall–Kier alpha value is -2.37. The summed E-state index contributed by atoms with van der Waals surface area (Å²) in [5.74, 6) is -0.626. The summed E-state index contributed by atoms with van der Waals surface area (Å²) >= 11 is 5.75. The first-order valence-electron chi connectivity index (χ1n) is 8.58. The van der Waals surface area contributed by atoms with Crippen molar-refractivity contribution >= 4 is 17.4 Å². The number of halogens is 5. The molecule has 0 bridgehead atoms. The fourth-order valence-corrected chi connectivity index (χ4v) is 3.65. The highest BCUT2D eigenvalue weighted by Crippen LogP contribution is 2.37. The predicted octanol–water partition coefficient (Wildman–Crippen LogP) is 4.87. The Labute approximate surface area is 164 Å². The Morgan fingerprint density at radius 3 is 2.71 bits per heavy atom. The average Bonchev–Trinajstić information content (AvgIpc) is 3.01. The molecule has 0 aliphatic carbocycles. The van der Waals surface area contributed by atoms with Crippen LogP contribution in [0.1, 0.15) is 29.3 Å². The second-order valence-electron chi connectivity index (χ2n) is 6.73. The molecule has 1 aliphatic rings. The van der Waals surface area contributed by atoms with Crippen LogP contribution in [0.5, 0.6) is 0 Å². The molecule has 28 heavy (non-hydrogen) atoms. The Kier molecular flexibility index (Phi) is 5.77. The first-order valence-corrected chi connectivity index (χ1v) is 8.96. The molecule has 9 heteroatoms. The molecule has 0 saturated carbocycles. The molecule has 1 aromatic carbocycles. The van der Waals surface area contributed by atoms with Crippen LogP contribution in [0.2, 0.25) is 5.02 Å². The quantitative estimate of drug-likeness (QED) is 0.728. The maximum absolute atomic E-state index is 13.9. The van der Waals surface area contributed by atoms with Crippen LogP contribution in [0.4, 0.5) is 23.4 Å². The van der Waals surface area contributed by atoms with E-state index in [4.69, 9.17) is 16.9 Å². The summed E-state index contributed by atoms with van der Waals surface area (Å²) in [7, 11) is 1.90. The van der Waals surface area contributed by atoms with Gasteiger partial charge < -0.3 is 5.32 Å². The average molecular weight is 413 g/mol. The number of aromatic nitrogens is 1. The summed E-state index contributed by atoms with van der Waals surface area (Å²) in [6.07, 6.45) is -3.83. The zero-order chi connectivity index (χ0) is 20.5. The summed E-state index contributed by atoms with van der Waals surface area (Å²) in [4.78, 5) is 5.62. The molecule has 0 amide bonds. The summed E-state index contributed by atoms with van der Waals surface area (Å²) in [6, 6.07) is 8.22. The second-order valence-corrected chi connectivity index (χ2v) is 7.14. The fourth-order valence-electron chi connectivity index (χ4n) is 3.53. The number of nitrogens with zero attached hydrogens (tertiary/aromatic N) is 3. The van der Waals surface area contributed by atoms with Crippen molar-refractivity contribution in [3.8, 4) is 6.07 Å². The van der Waals surface area contributed by atoms with Crippen molar-refractivity contribution in [3.63, 3.8) is 0 Å². The molecular weight excluding hydrogens is 396 g/mol. The minimum Gasteiger partial charge on any atom is -0.369 e. The molecule has 2 unspecified atom stereocenters. The van der Waals surface area contributed by atoms with Crippen LogP contribution >= 0.6 is 11.6 Å². The number of benzene rings is 1. The molecule has 3 rings (SSSR count). The van der Waals surface area contributed by atoms with Gasteiger partial charge in [-0.05, 0) is 55.8 Å². The molecule has 4 nitrogen and oxygen atoms in total. The van der Waals surface area contributed by atoms with Crippen molar-refractivity contribution < 1.29 is 17.6 Å². The van der Waals surface area contributed by atoms with E-state index in [1.54, 1.807) is 6.07 Å². The van der Waals surface area contributed by atoms with Crippen LogP contribution < -0.4 is 5.32 Å². The van der Waals surface area contributed by atoms with E-state index in [1.807, 2.05) is 13.1 Å². The summed E-state index contributed by atoms with van der Waals surface area (Å²) in [5.41, 5.74) is -0.284. The van der Waals surface area contributed by atoms with Crippen LogP contribution in [0.15, 0.2) is 30.3 Å². The first-order chi connectivity index (χ1) is 13.2. The monoisotopic (exact) mass is 412 g/mol. The smallest absolute Gasteiger partial charge is 0.369 e. The van der Waals surface area contributed by atoms with E-state index in [1.165, 1.54) is 12.1 Å². The fraction of sp³-hybridized carbons (Fsp3) is 0.368. The molecule has 2 atom stereocenters. The molecule has 1 aliphatic heterocycles. The van der Waals surface area contributed by atoms with Gasteiger partial charge in [-0.3, -0.25) is 4.90 Å². The largest absolute Gasteiger partial charge is 0.433 e. The van der Waals surface area contributed by atoms with E-state index in [9.17, 15) is 17.6 Å². The number of nitrogens with one attached hydrogen (secondary N) is 1. The summed E-state index contributed by atoms with van der Waals surface area (Å²) in [5, 5.41) is 12.1. The van der Waals surface area contributed by atoms with Crippen molar-refractivity contribution in [2.75, 3.05) is 25.5 Å². The number of anilines is 1. The minimum absolute atomic E-state index is 0.00605.